The van der Waals surface area contributed by atoms with Crippen molar-refractivity contribution in [3.8, 4) is 11.8 Å². The molecule has 2 amide bonds. The van der Waals surface area contributed by atoms with Gasteiger partial charge in [0.25, 0.3) is 11.8 Å². The lowest BCUT2D eigenvalue weighted by molar-refractivity contribution is -0.161. The number of aromatic nitrogens is 1. The van der Waals surface area contributed by atoms with Crippen LogP contribution in [0.5, 0.6) is 5.75 Å². The zero-order valence-electron chi connectivity index (χ0n) is 32.1. The van der Waals surface area contributed by atoms with Crippen molar-refractivity contribution in [3.63, 3.8) is 0 Å². The molecule has 1 N–H and O–H groups in total. The van der Waals surface area contributed by atoms with Crippen molar-refractivity contribution >= 4 is 29.1 Å². The average molecular weight is 837 g/mol. The zero-order valence-corrected chi connectivity index (χ0v) is 32.9. The highest BCUT2D eigenvalue weighted by Gasteiger charge is 2.57. The highest BCUT2D eigenvalue weighted by molar-refractivity contribution is 7.10. The van der Waals surface area contributed by atoms with Crippen LogP contribution in [0.4, 0.5) is 26.3 Å². The maximum atomic E-state index is 15.1. The molecule has 0 aromatic carbocycles. The zero-order chi connectivity index (χ0) is 41.9. The van der Waals surface area contributed by atoms with E-state index in [1.807, 2.05) is 12.2 Å². The molecule has 0 unspecified atom stereocenters. The summed E-state index contributed by atoms with van der Waals surface area (Å²) in [5, 5.41) is 21.5. The number of amides is 2. The van der Waals surface area contributed by atoms with Gasteiger partial charge in [0.15, 0.2) is 0 Å². The third-order valence-corrected chi connectivity index (χ3v) is 13.2. The second-order valence-electron chi connectivity index (χ2n) is 15.6. The predicted octanol–water partition coefficient (Wildman–Crippen LogP) is 9.19. The molecule has 58 heavy (non-hydrogen) atoms. The molecule has 2 aliphatic carbocycles. The number of rotatable bonds is 13. The van der Waals surface area contributed by atoms with Crippen molar-refractivity contribution < 1.29 is 55.3 Å². The van der Waals surface area contributed by atoms with Crippen molar-refractivity contribution in [2.45, 2.75) is 114 Å². The summed E-state index contributed by atoms with van der Waals surface area (Å²) in [6.45, 7) is 2.08. The van der Waals surface area contributed by atoms with E-state index in [1.165, 1.54) is 9.80 Å². The highest BCUT2D eigenvalue weighted by atomic mass is 32.1. The Bertz CT molecular complexity index is 1960. The number of pyridine rings is 1. The number of aliphatic carboxylic acids is 1. The Balaban J connectivity index is 1.29. The van der Waals surface area contributed by atoms with Gasteiger partial charge in [0.2, 0.25) is 5.60 Å². The Hall–Kier alpha value is -4.59. The molecule has 2 aliphatic heterocycles. The molecule has 2 aromatic rings. The van der Waals surface area contributed by atoms with Crippen LogP contribution in [0.15, 0.2) is 53.4 Å². The number of nitriles is 1. The van der Waals surface area contributed by atoms with E-state index in [4.69, 9.17) is 9.47 Å². The molecule has 0 spiro atoms. The topological polar surface area (TPSA) is 133 Å². The van der Waals surface area contributed by atoms with Gasteiger partial charge in [-0.3, -0.25) is 19.4 Å². The predicted molar refractivity (Wildman–Crippen MR) is 199 cm³/mol. The number of carboxylic acids is 1. The highest BCUT2D eigenvalue weighted by Crippen LogP contribution is 2.48. The van der Waals surface area contributed by atoms with Crippen molar-refractivity contribution in [1.29, 1.82) is 5.26 Å². The molecule has 0 radical (unpaired) electrons. The Morgan fingerprint density at radius 2 is 1.79 bits per heavy atom. The van der Waals surface area contributed by atoms with Crippen LogP contribution in [0.1, 0.15) is 111 Å². The first-order valence-electron chi connectivity index (χ1n) is 19.6. The van der Waals surface area contributed by atoms with E-state index >= 15 is 4.79 Å². The van der Waals surface area contributed by atoms with E-state index < -0.39 is 68.6 Å². The monoisotopic (exact) mass is 836 g/mol. The fraction of sp³-hybridized carbons (Fsp3) is 0.585. The van der Waals surface area contributed by atoms with Crippen LogP contribution in [0.2, 0.25) is 0 Å². The van der Waals surface area contributed by atoms with Gasteiger partial charge in [-0.15, -0.1) is 11.3 Å². The third-order valence-electron chi connectivity index (χ3n) is 12.2. The lowest BCUT2D eigenvalue weighted by Crippen LogP contribution is -2.68. The number of allylic oxidation sites excluding steroid dienone is 3. The van der Waals surface area contributed by atoms with Gasteiger partial charge in [-0.05, 0) is 81.9 Å². The normalized spacial score (nSPS) is 23.2. The summed E-state index contributed by atoms with van der Waals surface area (Å²) in [6, 6.07) is 2.78. The molecule has 3 fully saturated rings. The van der Waals surface area contributed by atoms with Crippen LogP contribution in [0, 0.1) is 22.2 Å². The summed E-state index contributed by atoms with van der Waals surface area (Å²) < 4.78 is 96.1. The second-order valence-corrected chi connectivity index (χ2v) is 16.5. The Labute approximate surface area is 336 Å². The van der Waals surface area contributed by atoms with Gasteiger partial charge in [0, 0.05) is 49.9 Å². The van der Waals surface area contributed by atoms with Gasteiger partial charge in [0.1, 0.15) is 16.4 Å². The average Bonchev–Trinajstić information content (AvgIpc) is 3.66. The van der Waals surface area contributed by atoms with Crippen molar-refractivity contribution in [1.82, 2.24) is 14.8 Å². The maximum absolute atomic E-state index is 15.1. The first-order valence-corrected chi connectivity index (χ1v) is 20.5. The number of ether oxygens (including phenoxy) is 2. The molecular weight excluding hydrogens is 791 g/mol. The summed E-state index contributed by atoms with van der Waals surface area (Å²) in [4.78, 5) is 46.5. The lowest BCUT2D eigenvalue weighted by atomic mass is 9.66. The number of likely N-dealkylation sites (tertiary alicyclic amines) is 2. The number of hydrogen-bond donors (Lipinski definition) is 1. The van der Waals surface area contributed by atoms with Gasteiger partial charge in [-0.2, -0.15) is 31.6 Å². The number of piperidine rings is 2. The van der Waals surface area contributed by atoms with Gasteiger partial charge in [-0.1, -0.05) is 25.8 Å². The number of carboxylic acid groups (broad SMARTS) is 1. The molecule has 2 aromatic heterocycles. The Morgan fingerprint density at radius 1 is 1.05 bits per heavy atom. The summed E-state index contributed by atoms with van der Waals surface area (Å²) in [6.07, 6.45) is 1.10. The van der Waals surface area contributed by atoms with Gasteiger partial charge in [-0.25, -0.2) is 0 Å². The quantitative estimate of drug-likeness (QED) is 0.156. The fourth-order valence-electron chi connectivity index (χ4n) is 8.96. The van der Waals surface area contributed by atoms with Crippen molar-refractivity contribution in [2.24, 2.45) is 10.8 Å². The number of carbonyl (C=O) groups excluding carboxylic acids is 2. The molecule has 17 heteroatoms. The number of carbonyl (C=O) groups is 3. The largest absolute Gasteiger partial charge is 0.494 e. The van der Waals surface area contributed by atoms with Crippen LogP contribution in [0.25, 0.3) is 0 Å². The van der Waals surface area contributed by atoms with Gasteiger partial charge in [0.05, 0.1) is 40.7 Å². The number of nitrogens with zero attached hydrogens (tertiary/aromatic N) is 4. The molecule has 0 bridgehead atoms. The second kappa shape index (κ2) is 16.9. The maximum Gasteiger partial charge on any atom is 0.425 e. The molecule has 4 heterocycles. The van der Waals surface area contributed by atoms with E-state index in [0.29, 0.717) is 68.1 Å². The fourth-order valence-corrected chi connectivity index (χ4v) is 9.64. The summed E-state index contributed by atoms with van der Waals surface area (Å²) in [7, 11) is 0. The summed E-state index contributed by atoms with van der Waals surface area (Å²) >= 11 is 0.373. The first-order chi connectivity index (χ1) is 27.5. The minimum Gasteiger partial charge on any atom is -0.494 e. The summed E-state index contributed by atoms with van der Waals surface area (Å²) in [5.74, 6) is -2.17. The smallest absolute Gasteiger partial charge is 0.425 e. The lowest BCUT2D eigenvalue weighted by Gasteiger charge is -2.51. The van der Waals surface area contributed by atoms with Gasteiger partial charge >= 0.3 is 18.3 Å². The molecule has 314 valence electrons. The number of alkyl halides is 6. The van der Waals surface area contributed by atoms with Crippen LogP contribution >= 0.6 is 11.3 Å². The van der Waals surface area contributed by atoms with Crippen LogP contribution < -0.4 is 4.74 Å². The number of thiophene rings is 1. The van der Waals surface area contributed by atoms with E-state index in [0.717, 1.165) is 35.8 Å². The Kier molecular flexibility index (Phi) is 12.6. The Morgan fingerprint density at radius 3 is 2.40 bits per heavy atom. The van der Waals surface area contributed by atoms with Crippen LogP contribution in [0.3, 0.4) is 0 Å². The minimum absolute atomic E-state index is 0.0341. The first kappa shape index (κ1) is 43.0. The van der Waals surface area contributed by atoms with E-state index in [-0.39, 0.29) is 64.1 Å². The van der Waals surface area contributed by atoms with E-state index in [9.17, 15) is 46.3 Å². The number of hydrogen-bond acceptors (Lipinski definition) is 8. The SMILES string of the molecule is CCC[C@H]1N(C(=O)c2cnccc2C(F)(F)F)CCC[C@@]1(Oc1csc(C(F)(F)F)c1)C(=O)N1CCC(C#N)(C2=C(OCCCC3(C(=O)O)CCC3)C=CCC2)CC1. The standard InChI is InChI=1S/C41H46F6N4O6S/c1-2-8-32-39(57-27-23-33(58-25-27)41(45,46)47,15-6-19-51(32)34(52)28-24-49-18-11-29(28)40(42,43)44)35(53)50-20-16-38(26-48,17-21-50)30-9-3-4-10-31(30)56-22-7-14-37(36(54)55)12-5-13-37/h4,10-11,18,23-25,32H,2-3,5-9,12-17,19-22H2,1H3,(H,54,55)/t32-,39+/m1/s1. The van der Waals surface area contributed by atoms with Crippen molar-refractivity contribution in [3.05, 3.63) is 69.4 Å². The molecular formula is C41H46F6N4O6S. The molecule has 2 saturated heterocycles. The molecule has 1 saturated carbocycles. The van der Waals surface area contributed by atoms with Crippen LogP contribution in [-0.2, 0) is 26.7 Å². The van der Waals surface area contributed by atoms with Crippen molar-refractivity contribution in [2.75, 3.05) is 26.2 Å². The van der Waals surface area contributed by atoms with E-state index in [1.54, 1.807) is 6.92 Å². The third kappa shape index (κ3) is 8.44. The molecule has 6 rings (SSSR count). The minimum atomic E-state index is -4.90. The van der Waals surface area contributed by atoms with Crippen LogP contribution in [-0.4, -0.2) is 75.6 Å². The molecule has 4 aliphatic rings. The van der Waals surface area contributed by atoms with Gasteiger partial charge < -0.3 is 24.4 Å². The van der Waals surface area contributed by atoms with E-state index in [2.05, 4.69) is 11.1 Å². The number of halogens is 6. The molecule has 10 nitrogen and oxygen atoms in total. The summed E-state index contributed by atoms with van der Waals surface area (Å²) in [5.41, 5.74) is -4.87. The molecule has 2 atom stereocenters.